The van der Waals surface area contributed by atoms with Gasteiger partial charge in [0.15, 0.2) is 5.78 Å². The number of fused-ring (bicyclic) bond motifs is 1. The largest absolute Gasteiger partial charge is 0.492 e. The first-order chi connectivity index (χ1) is 24.5. The molecular weight excluding hydrogens is 682 g/mol. The summed E-state index contributed by atoms with van der Waals surface area (Å²) in [6.07, 6.45) is 3.77. The van der Waals surface area contributed by atoms with Crippen LogP contribution in [0, 0.1) is 0 Å². The molecular formula is C42H36ClNO6S. The summed E-state index contributed by atoms with van der Waals surface area (Å²) in [6, 6.07) is 37.3. The average molecular weight is 718 g/mol. The minimum absolute atomic E-state index is 0. The number of rotatable bonds is 11. The molecule has 0 N–H and O–H groups in total. The Hall–Kier alpha value is -5.28. The van der Waals surface area contributed by atoms with Crippen LogP contribution in [-0.4, -0.2) is 48.9 Å². The van der Waals surface area contributed by atoms with E-state index in [1.54, 1.807) is 84.9 Å². The van der Waals surface area contributed by atoms with Gasteiger partial charge in [0.25, 0.3) is 0 Å². The van der Waals surface area contributed by atoms with E-state index in [1.807, 2.05) is 42.5 Å². The summed E-state index contributed by atoms with van der Waals surface area (Å²) in [5, 5.41) is 0.746. The Morgan fingerprint density at radius 1 is 0.608 bits per heavy atom. The van der Waals surface area contributed by atoms with Gasteiger partial charge in [-0.05, 0) is 122 Å². The number of likely N-dealkylation sites (tertiary alicyclic amines) is 1. The Balaban J connectivity index is 0.00000448. The molecule has 1 fully saturated rings. The highest BCUT2D eigenvalue weighted by atomic mass is 35.5. The van der Waals surface area contributed by atoms with Crippen molar-refractivity contribution in [1.82, 2.24) is 4.90 Å². The number of hydrogen-bond acceptors (Lipinski definition) is 8. The van der Waals surface area contributed by atoms with Crippen LogP contribution >= 0.6 is 23.7 Å². The molecule has 0 unspecified atom stereocenters. The van der Waals surface area contributed by atoms with Crippen LogP contribution in [-0.2, 0) is 0 Å². The first-order valence-corrected chi connectivity index (χ1v) is 17.5. The summed E-state index contributed by atoms with van der Waals surface area (Å²) in [7, 11) is 0. The number of carbonyl (C=O) groups is 3. The van der Waals surface area contributed by atoms with Crippen LogP contribution in [0.25, 0.3) is 20.5 Å². The van der Waals surface area contributed by atoms with E-state index in [4.69, 9.17) is 14.2 Å². The lowest BCUT2D eigenvalue weighted by Crippen LogP contribution is -2.33. The number of esters is 2. The molecule has 0 radical (unpaired) electrons. The second-order valence-electron chi connectivity index (χ2n) is 12.1. The molecule has 0 amide bonds. The van der Waals surface area contributed by atoms with Gasteiger partial charge in [0, 0.05) is 32.6 Å². The number of benzene rings is 5. The molecule has 7 nitrogen and oxygen atoms in total. The van der Waals surface area contributed by atoms with Crippen LogP contribution in [0.2, 0.25) is 0 Å². The lowest BCUT2D eigenvalue weighted by Gasteiger charge is -2.26. The second kappa shape index (κ2) is 16.6. The molecule has 0 spiro atoms. The molecule has 1 aliphatic rings. The SMILES string of the molecule is Cl.O=C(Oc1ccc(-c2sc3cc(OC(=O)c4ccccc4)ccc3c2C(=O)c2ccc(OCCN3CCCCC3)cc2)cc1)c1ccccc1. The van der Waals surface area contributed by atoms with E-state index < -0.39 is 11.9 Å². The van der Waals surface area contributed by atoms with Crippen molar-refractivity contribution in [3.8, 4) is 27.7 Å². The van der Waals surface area contributed by atoms with E-state index >= 15 is 0 Å². The van der Waals surface area contributed by atoms with E-state index in [0.29, 0.717) is 40.4 Å². The van der Waals surface area contributed by atoms with E-state index in [1.165, 1.54) is 30.6 Å². The predicted molar refractivity (Wildman–Crippen MR) is 203 cm³/mol. The highest BCUT2D eigenvalue weighted by Crippen LogP contribution is 2.42. The van der Waals surface area contributed by atoms with Crippen molar-refractivity contribution in [1.29, 1.82) is 0 Å². The zero-order valence-corrected chi connectivity index (χ0v) is 29.4. The van der Waals surface area contributed by atoms with Gasteiger partial charge in [0.1, 0.15) is 23.9 Å². The number of ether oxygens (including phenoxy) is 3. The van der Waals surface area contributed by atoms with Crippen molar-refractivity contribution >= 4 is 51.6 Å². The van der Waals surface area contributed by atoms with Crippen molar-refractivity contribution in [2.45, 2.75) is 19.3 Å². The van der Waals surface area contributed by atoms with Crippen LogP contribution in [0.1, 0.15) is 55.9 Å². The second-order valence-corrected chi connectivity index (χ2v) is 13.2. The first-order valence-electron chi connectivity index (χ1n) is 16.7. The minimum atomic E-state index is -0.461. The van der Waals surface area contributed by atoms with Crippen molar-refractivity contribution in [2.75, 3.05) is 26.2 Å². The number of halogens is 1. The molecule has 0 atom stereocenters. The third-order valence-corrected chi connectivity index (χ3v) is 9.89. The van der Waals surface area contributed by atoms with E-state index in [9.17, 15) is 14.4 Å². The van der Waals surface area contributed by atoms with Gasteiger partial charge in [0.2, 0.25) is 0 Å². The smallest absolute Gasteiger partial charge is 0.343 e. The molecule has 7 rings (SSSR count). The molecule has 0 aliphatic carbocycles. The van der Waals surface area contributed by atoms with Crippen molar-refractivity contribution in [2.24, 2.45) is 0 Å². The van der Waals surface area contributed by atoms with Gasteiger partial charge in [-0.3, -0.25) is 9.69 Å². The highest BCUT2D eigenvalue weighted by Gasteiger charge is 2.23. The molecule has 1 aliphatic heterocycles. The average Bonchev–Trinajstić information content (AvgIpc) is 3.55. The zero-order chi connectivity index (χ0) is 34.3. The fourth-order valence-corrected chi connectivity index (χ4v) is 7.28. The van der Waals surface area contributed by atoms with Crippen LogP contribution in [0.3, 0.4) is 0 Å². The summed E-state index contributed by atoms with van der Waals surface area (Å²) < 4.78 is 18.1. The van der Waals surface area contributed by atoms with Crippen LogP contribution in [0.5, 0.6) is 17.2 Å². The summed E-state index contributed by atoms with van der Waals surface area (Å²) in [5.74, 6) is 0.443. The maximum Gasteiger partial charge on any atom is 0.343 e. The Bertz CT molecular complexity index is 2110. The summed E-state index contributed by atoms with van der Waals surface area (Å²) in [6.45, 7) is 3.72. The van der Waals surface area contributed by atoms with Crippen LogP contribution in [0.4, 0.5) is 0 Å². The van der Waals surface area contributed by atoms with Gasteiger partial charge in [-0.25, -0.2) is 9.59 Å². The van der Waals surface area contributed by atoms with Crippen LogP contribution < -0.4 is 14.2 Å². The molecule has 1 saturated heterocycles. The Morgan fingerprint density at radius 2 is 1.18 bits per heavy atom. The van der Waals surface area contributed by atoms with Gasteiger partial charge < -0.3 is 14.2 Å². The first kappa shape index (κ1) is 35.5. The molecule has 258 valence electrons. The normalized spacial score (nSPS) is 12.9. The molecule has 0 saturated carbocycles. The highest BCUT2D eigenvalue weighted by molar-refractivity contribution is 7.22. The molecule has 5 aromatic carbocycles. The Kier molecular flexibility index (Phi) is 11.6. The minimum Gasteiger partial charge on any atom is -0.492 e. The van der Waals surface area contributed by atoms with E-state index in [0.717, 1.165) is 45.9 Å². The van der Waals surface area contributed by atoms with Crippen molar-refractivity contribution in [3.63, 3.8) is 0 Å². The van der Waals surface area contributed by atoms with E-state index in [-0.39, 0.29) is 18.2 Å². The molecule has 9 heteroatoms. The number of hydrogen-bond donors (Lipinski definition) is 0. The molecule has 2 heterocycles. The summed E-state index contributed by atoms with van der Waals surface area (Å²) >= 11 is 1.43. The molecule has 51 heavy (non-hydrogen) atoms. The van der Waals surface area contributed by atoms with Crippen molar-refractivity contribution < 1.29 is 28.6 Å². The number of nitrogens with zero attached hydrogens (tertiary/aromatic N) is 1. The van der Waals surface area contributed by atoms with Crippen molar-refractivity contribution in [3.05, 3.63) is 150 Å². The number of carbonyl (C=O) groups excluding carboxylic acids is 3. The lowest BCUT2D eigenvalue weighted by atomic mass is 9.97. The topological polar surface area (TPSA) is 82.1 Å². The third-order valence-electron chi connectivity index (χ3n) is 8.69. The van der Waals surface area contributed by atoms with Crippen LogP contribution in [0.15, 0.2) is 127 Å². The molecule has 1 aromatic heterocycles. The van der Waals surface area contributed by atoms with Gasteiger partial charge in [-0.2, -0.15) is 0 Å². The lowest BCUT2D eigenvalue weighted by molar-refractivity contribution is 0.0725. The quantitative estimate of drug-likeness (QED) is 0.0750. The van der Waals surface area contributed by atoms with Gasteiger partial charge in [0.05, 0.1) is 11.1 Å². The molecule has 0 bridgehead atoms. The van der Waals surface area contributed by atoms with E-state index in [2.05, 4.69) is 4.90 Å². The van der Waals surface area contributed by atoms with Gasteiger partial charge in [-0.1, -0.05) is 42.8 Å². The summed E-state index contributed by atoms with van der Waals surface area (Å²) in [4.78, 5) is 42.9. The third kappa shape index (κ3) is 8.55. The standard InChI is InChI=1S/C42H35NO6S.ClH/c44-39(29-14-18-33(19-15-29)47-27-26-43-24-8-3-9-25-43)38-36-23-22-35(49-42(46)32-12-6-2-7-13-32)28-37(36)50-40(38)30-16-20-34(21-17-30)48-41(45)31-10-4-1-5-11-31;/h1-2,4-7,10-23,28H,3,8-9,24-27H2;1H. The number of ketones is 1. The van der Waals surface area contributed by atoms with Gasteiger partial charge in [-0.15, -0.1) is 23.7 Å². The Morgan fingerprint density at radius 3 is 1.80 bits per heavy atom. The monoisotopic (exact) mass is 717 g/mol. The molecule has 6 aromatic rings. The number of thiophene rings is 1. The Labute approximate surface area is 306 Å². The summed E-state index contributed by atoms with van der Waals surface area (Å²) in [5.41, 5.74) is 2.76. The zero-order valence-electron chi connectivity index (χ0n) is 27.8. The fourth-order valence-electron chi connectivity index (χ4n) is 6.05. The van der Waals surface area contributed by atoms with Gasteiger partial charge >= 0.3 is 11.9 Å². The maximum atomic E-state index is 14.3. The number of piperidine rings is 1. The fraction of sp³-hybridized carbons (Fsp3) is 0.167. The maximum absolute atomic E-state index is 14.3. The predicted octanol–water partition coefficient (Wildman–Crippen LogP) is 9.52.